The lowest BCUT2D eigenvalue weighted by molar-refractivity contribution is 0.327. The van der Waals surface area contributed by atoms with Gasteiger partial charge in [0.1, 0.15) is 5.82 Å². The molecule has 0 saturated heterocycles. The van der Waals surface area contributed by atoms with Crippen molar-refractivity contribution in [2.45, 2.75) is 45.6 Å². The normalized spacial score (nSPS) is 21.4. The van der Waals surface area contributed by atoms with Gasteiger partial charge in [-0.2, -0.15) is 0 Å². The molecule has 1 nitrogen and oxygen atoms in total. The van der Waals surface area contributed by atoms with Gasteiger partial charge >= 0.3 is 0 Å². The quantitative estimate of drug-likeness (QED) is 0.858. The van der Waals surface area contributed by atoms with Crippen LogP contribution in [0.25, 0.3) is 0 Å². The maximum Gasteiger partial charge on any atom is 0.128 e. The van der Waals surface area contributed by atoms with Crippen LogP contribution >= 0.6 is 0 Å². The van der Waals surface area contributed by atoms with Gasteiger partial charge in [-0.3, -0.25) is 0 Å². The van der Waals surface area contributed by atoms with Crippen molar-refractivity contribution in [3.05, 3.63) is 34.6 Å². The van der Waals surface area contributed by atoms with Crippen LogP contribution in [0.1, 0.15) is 48.4 Å². The first kappa shape index (κ1) is 12.2. The van der Waals surface area contributed by atoms with Crippen LogP contribution in [0.2, 0.25) is 0 Å². The predicted octanol–water partition coefficient (Wildman–Crippen LogP) is 3.88. The van der Waals surface area contributed by atoms with Crippen LogP contribution in [0, 0.1) is 37.4 Å². The summed E-state index contributed by atoms with van der Waals surface area (Å²) >= 11 is 0. The number of rotatable bonds is 4. The van der Waals surface area contributed by atoms with Crippen LogP contribution in [0.3, 0.4) is 0 Å². The Bertz CT molecular complexity index is 425. The highest BCUT2D eigenvalue weighted by molar-refractivity contribution is 5.35. The highest BCUT2D eigenvalue weighted by atomic mass is 19.1. The summed E-state index contributed by atoms with van der Waals surface area (Å²) in [5, 5.41) is 0. The van der Waals surface area contributed by atoms with Crippen molar-refractivity contribution in [2.24, 2.45) is 23.5 Å². The maximum atomic E-state index is 14.2. The second-order valence-electron chi connectivity index (χ2n) is 6.26. The molecule has 0 spiro atoms. The minimum atomic E-state index is -0.106. The maximum absolute atomic E-state index is 14.2. The Morgan fingerprint density at radius 2 is 1.67 bits per heavy atom. The van der Waals surface area contributed by atoms with Crippen LogP contribution in [0.5, 0.6) is 0 Å². The lowest BCUT2D eigenvalue weighted by Crippen LogP contribution is -2.26. The van der Waals surface area contributed by atoms with Crippen molar-refractivity contribution in [1.29, 1.82) is 0 Å². The summed E-state index contributed by atoms with van der Waals surface area (Å²) in [6.45, 7) is 3.92. The number of aryl methyl sites for hydroxylation is 2. The Kier molecular flexibility index (Phi) is 2.93. The molecule has 0 heterocycles. The number of hydrogen-bond acceptors (Lipinski definition) is 1. The average molecular weight is 247 g/mol. The van der Waals surface area contributed by atoms with E-state index in [0.29, 0.717) is 5.92 Å². The molecule has 0 amide bonds. The second kappa shape index (κ2) is 4.34. The molecule has 0 aliphatic heterocycles. The van der Waals surface area contributed by atoms with Crippen LogP contribution in [-0.2, 0) is 0 Å². The Morgan fingerprint density at radius 1 is 1.11 bits per heavy atom. The molecule has 2 aliphatic rings. The van der Waals surface area contributed by atoms with Crippen LogP contribution < -0.4 is 5.73 Å². The van der Waals surface area contributed by atoms with E-state index in [-0.39, 0.29) is 11.9 Å². The number of benzene rings is 1. The zero-order valence-electron chi connectivity index (χ0n) is 11.2. The van der Waals surface area contributed by atoms with Gasteiger partial charge in [-0.25, -0.2) is 4.39 Å². The zero-order valence-corrected chi connectivity index (χ0v) is 11.2. The summed E-state index contributed by atoms with van der Waals surface area (Å²) in [7, 11) is 0. The van der Waals surface area contributed by atoms with E-state index in [1.165, 1.54) is 25.7 Å². The van der Waals surface area contributed by atoms with Gasteiger partial charge in [-0.15, -0.1) is 0 Å². The Balaban J connectivity index is 1.93. The molecule has 1 aromatic rings. The minimum Gasteiger partial charge on any atom is -0.324 e. The average Bonchev–Trinajstić information content (AvgIpc) is 3.10. The van der Waals surface area contributed by atoms with Gasteiger partial charge < -0.3 is 5.73 Å². The highest BCUT2D eigenvalue weighted by Gasteiger charge is 2.45. The fraction of sp³-hybridized carbons (Fsp3) is 0.625. The number of hydrogen-bond donors (Lipinski definition) is 1. The van der Waals surface area contributed by atoms with Crippen molar-refractivity contribution in [3.8, 4) is 0 Å². The fourth-order valence-electron chi connectivity index (χ4n) is 3.48. The van der Waals surface area contributed by atoms with Crippen molar-refractivity contribution in [2.75, 3.05) is 0 Å². The van der Waals surface area contributed by atoms with Crippen LogP contribution in [0.15, 0.2) is 12.1 Å². The monoisotopic (exact) mass is 247 g/mol. The molecular formula is C16H22FN. The van der Waals surface area contributed by atoms with Crippen LogP contribution in [-0.4, -0.2) is 0 Å². The first-order valence-electron chi connectivity index (χ1n) is 7.10. The first-order valence-corrected chi connectivity index (χ1v) is 7.10. The summed E-state index contributed by atoms with van der Waals surface area (Å²) in [4.78, 5) is 0. The van der Waals surface area contributed by atoms with Crippen molar-refractivity contribution in [3.63, 3.8) is 0 Å². The summed E-state index contributed by atoms with van der Waals surface area (Å²) < 4.78 is 14.2. The van der Waals surface area contributed by atoms with Gasteiger partial charge in [0.25, 0.3) is 0 Å². The lowest BCUT2D eigenvalue weighted by atomic mass is 9.83. The number of halogens is 1. The Labute approximate surface area is 109 Å². The van der Waals surface area contributed by atoms with E-state index in [1.807, 2.05) is 13.8 Å². The largest absolute Gasteiger partial charge is 0.324 e. The van der Waals surface area contributed by atoms with Crippen molar-refractivity contribution in [1.82, 2.24) is 0 Å². The third-order valence-corrected chi connectivity index (χ3v) is 4.56. The van der Waals surface area contributed by atoms with Crippen molar-refractivity contribution >= 4 is 0 Å². The lowest BCUT2D eigenvalue weighted by Gasteiger charge is -2.26. The smallest absolute Gasteiger partial charge is 0.128 e. The molecule has 0 bridgehead atoms. The molecule has 0 radical (unpaired) electrons. The molecule has 3 rings (SSSR count). The van der Waals surface area contributed by atoms with E-state index in [2.05, 4.69) is 6.07 Å². The van der Waals surface area contributed by atoms with Gasteiger partial charge in [-0.1, -0.05) is 6.07 Å². The van der Waals surface area contributed by atoms with E-state index in [9.17, 15) is 4.39 Å². The first-order chi connectivity index (χ1) is 8.58. The standard InChI is InChI=1S/C16H22FN/c1-9-7-10(2)14(13(17)8-9)16(18)15(11-3-4-11)12-5-6-12/h7-8,11-12,15-16H,3-6,18H2,1-2H3. The molecule has 2 aliphatic carbocycles. The zero-order chi connectivity index (χ0) is 12.9. The predicted molar refractivity (Wildman–Crippen MR) is 71.7 cm³/mol. The molecular weight excluding hydrogens is 225 g/mol. The summed E-state index contributed by atoms with van der Waals surface area (Å²) in [5.74, 6) is 1.92. The van der Waals surface area contributed by atoms with E-state index < -0.39 is 0 Å². The molecule has 1 atom stereocenters. The second-order valence-corrected chi connectivity index (χ2v) is 6.26. The van der Waals surface area contributed by atoms with Crippen LogP contribution in [0.4, 0.5) is 4.39 Å². The highest BCUT2D eigenvalue weighted by Crippen LogP contribution is 2.53. The fourth-order valence-corrected chi connectivity index (χ4v) is 3.48. The Hall–Kier alpha value is -0.890. The van der Waals surface area contributed by atoms with Crippen molar-refractivity contribution < 1.29 is 4.39 Å². The summed E-state index contributed by atoms with van der Waals surface area (Å²) in [6, 6.07) is 3.57. The molecule has 2 heteroatoms. The molecule has 2 N–H and O–H groups in total. The Morgan fingerprint density at radius 3 is 2.11 bits per heavy atom. The van der Waals surface area contributed by atoms with Gasteiger partial charge in [0.2, 0.25) is 0 Å². The number of nitrogens with two attached hydrogens (primary N) is 1. The molecule has 2 saturated carbocycles. The van der Waals surface area contributed by atoms with E-state index in [4.69, 9.17) is 5.73 Å². The third kappa shape index (κ3) is 2.18. The van der Waals surface area contributed by atoms with E-state index in [1.54, 1.807) is 6.07 Å². The topological polar surface area (TPSA) is 26.0 Å². The molecule has 0 aromatic heterocycles. The molecule has 98 valence electrons. The van der Waals surface area contributed by atoms with Gasteiger partial charge in [0, 0.05) is 11.6 Å². The molecule has 1 unspecified atom stereocenters. The van der Waals surface area contributed by atoms with Gasteiger partial charge in [0.15, 0.2) is 0 Å². The molecule has 2 fully saturated rings. The third-order valence-electron chi connectivity index (χ3n) is 4.56. The summed E-state index contributed by atoms with van der Waals surface area (Å²) in [5.41, 5.74) is 9.20. The van der Waals surface area contributed by atoms with Gasteiger partial charge in [-0.05, 0) is 74.5 Å². The SMILES string of the molecule is Cc1cc(C)c(C(N)C(C2CC2)C2CC2)c(F)c1. The molecule has 1 aromatic carbocycles. The molecule has 18 heavy (non-hydrogen) atoms. The summed E-state index contributed by atoms with van der Waals surface area (Å²) in [6.07, 6.45) is 5.17. The van der Waals surface area contributed by atoms with E-state index >= 15 is 0 Å². The van der Waals surface area contributed by atoms with E-state index in [0.717, 1.165) is 28.5 Å². The van der Waals surface area contributed by atoms with Gasteiger partial charge in [0.05, 0.1) is 0 Å². The minimum absolute atomic E-state index is 0.105.